The average molecular weight is 480 g/mol. The number of piperazine rings is 1. The summed E-state index contributed by atoms with van der Waals surface area (Å²) < 4.78 is 1.93. The van der Waals surface area contributed by atoms with Gasteiger partial charge in [0.05, 0.1) is 24.0 Å². The molecular weight excluding hydrogens is 450 g/mol. The summed E-state index contributed by atoms with van der Waals surface area (Å²) in [4.78, 5) is 26.1. The Kier molecular flexibility index (Phi) is 6.54. The van der Waals surface area contributed by atoms with Gasteiger partial charge in [0, 0.05) is 44.1 Å². The second-order valence-corrected chi connectivity index (χ2v) is 9.24. The highest BCUT2D eigenvalue weighted by Crippen LogP contribution is 2.30. The molecule has 0 atom stereocenters. The number of hydrogen-bond donors (Lipinski definition) is 1. The van der Waals surface area contributed by atoms with E-state index in [4.69, 9.17) is 4.98 Å². The Morgan fingerprint density at radius 3 is 2.56 bits per heavy atom. The summed E-state index contributed by atoms with van der Waals surface area (Å²) >= 11 is 0. The topological polar surface area (TPSA) is 89.6 Å². The summed E-state index contributed by atoms with van der Waals surface area (Å²) in [5.74, 6) is 1.27. The standard InChI is InChI=1S/C28H29N7O/c1-20(2)21-7-9-22(10-8-21)27-28(35-12-11-30-18-25(35)32-27)31-19-26(36)34-15-13-33(14-16-34)24-6-4-3-5-23(24)17-29/h3-12,18,20,31H,13-16,19H2,1-2H3. The molecule has 1 aliphatic rings. The molecule has 4 aromatic rings. The number of nitrogens with zero attached hydrogens (tertiary/aromatic N) is 6. The van der Waals surface area contributed by atoms with Crippen molar-refractivity contribution in [3.8, 4) is 17.3 Å². The van der Waals surface area contributed by atoms with E-state index in [1.807, 2.05) is 39.8 Å². The number of carbonyl (C=O) groups is 1. The highest BCUT2D eigenvalue weighted by Gasteiger charge is 2.23. The predicted octanol–water partition coefficient (Wildman–Crippen LogP) is 4.15. The van der Waals surface area contributed by atoms with Crippen molar-refractivity contribution in [2.45, 2.75) is 19.8 Å². The number of carbonyl (C=O) groups excluding carboxylic acids is 1. The molecule has 1 N–H and O–H groups in total. The number of fused-ring (bicyclic) bond motifs is 1. The van der Waals surface area contributed by atoms with E-state index < -0.39 is 0 Å². The Bertz CT molecular complexity index is 1410. The van der Waals surface area contributed by atoms with E-state index in [0.717, 1.165) is 28.4 Å². The van der Waals surface area contributed by atoms with E-state index >= 15 is 0 Å². The van der Waals surface area contributed by atoms with Crippen molar-refractivity contribution in [3.63, 3.8) is 0 Å². The molecule has 0 aliphatic carbocycles. The lowest BCUT2D eigenvalue weighted by Crippen LogP contribution is -2.50. The fourth-order valence-electron chi connectivity index (χ4n) is 4.61. The van der Waals surface area contributed by atoms with E-state index in [9.17, 15) is 10.1 Å². The number of para-hydroxylation sites is 1. The number of aromatic nitrogens is 3. The summed E-state index contributed by atoms with van der Waals surface area (Å²) in [6.07, 6.45) is 5.29. The minimum Gasteiger partial charge on any atom is -0.367 e. The largest absolute Gasteiger partial charge is 0.367 e. The van der Waals surface area contributed by atoms with Crippen LogP contribution in [-0.4, -0.2) is 57.9 Å². The Morgan fingerprint density at radius 1 is 1.08 bits per heavy atom. The lowest BCUT2D eigenvalue weighted by molar-refractivity contribution is -0.129. The average Bonchev–Trinajstić information content (AvgIpc) is 3.30. The molecule has 3 heterocycles. The van der Waals surface area contributed by atoms with Crippen molar-refractivity contribution in [1.29, 1.82) is 5.26 Å². The lowest BCUT2D eigenvalue weighted by atomic mass is 10.0. The van der Waals surface area contributed by atoms with Crippen molar-refractivity contribution in [2.75, 3.05) is 42.9 Å². The number of nitrogens with one attached hydrogen (secondary N) is 1. The predicted molar refractivity (Wildman–Crippen MR) is 141 cm³/mol. The first kappa shape index (κ1) is 23.4. The molecule has 1 saturated heterocycles. The van der Waals surface area contributed by atoms with Crippen molar-refractivity contribution in [1.82, 2.24) is 19.3 Å². The third-order valence-corrected chi connectivity index (χ3v) is 6.69. The third-order valence-electron chi connectivity index (χ3n) is 6.69. The van der Waals surface area contributed by atoms with Crippen molar-refractivity contribution < 1.29 is 4.79 Å². The number of benzene rings is 2. The van der Waals surface area contributed by atoms with Gasteiger partial charge in [-0.3, -0.25) is 14.2 Å². The zero-order valence-corrected chi connectivity index (χ0v) is 20.6. The van der Waals surface area contributed by atoms with E-state index in [-0.39, 0.29) is 12.5 Å². The van der Waals surface area contributed by atoms with E-state index in [1.165, 1.54) is 5.56 Å². The lowest BCUT2D eigenvalue weighted by Gasteiger charge is -2.36. The molecule has 0 unspecified atom stereocenters. The minimum atomic E-state index is 0.0355. The van der Waals surface area contributed by atoms with Gasteiger partial charge < -0.3 is 15.1 Å². The molecule has 1 aliphatic heterocycles. The maximum atomic E-state index is 13.1. The number of nitriles is 1. The third kappa shape index (κ3) is 4.60. The van der Waals surface area contributed by atoms with Gasteiger partial charge in [-0.1, -0.05) is 50.2 Å². The summed E-state index contributed by atoms with van der Waals surface area (Å²) in [7, 11) is 0. The Hall–Kier alpha value is -4.38. The van der Waals surface area contributed by atoms with Gasteiger partial charge in [0.15, 0.2) is 5.65 Å². The number of amides is 1. The second-order valence-electron chi connectivity index (χ2n) is 9.24. The van der Waals surface area contributed by atoms with Crippen LogP contribution in [0.1, 0.15) is 30.9 Å². The molecule has 36 heavy (non-hydrogen) atoms. The molecule has 8 heteroatoms. The van der Waals surface area contributed by atoms with Gasteiger partial charge in [-0.05, 0) is 23.6 Å². The monoisotopic (exact) mass is 479 g/mol. The normalized spacial score (nSPS) is 13.7. The molecule has 5 rings (SSSR count). The van der Waals surface area contributed by atoms with Crippen LogP contribution < -0.4 is 10.2 Å². The molecule has 182 valence electrons. The molecule has 0 spiro atoms. The number of rotatable bonds is 6. The van der Waals surface area contributed by atoms with Crippen LogP contribution in [0.15, 0.2) is 67.1 Å². The van der Waals surface area contributed by atoms with Crippen LogP contribution in [-0.2, 0) is 4.79 Å². The van der Waals surface area contributed by atoms with Crippen molar-refractivity contribution in [2.24, 2.45) is 0 Å². The fraction of sp³-hybridized carbons (Fsp3) is 0.286. The van der Waals surface area contributed by atoms with Gasteiger partial charge in [0.1, 0.15) is 17.6 Å². The Balaban J connectivity index is 1.29. The van der Waals surface area contributed by atoms with Gasteiger partial charge in [0.25, 0.3) is 0 Å². The number of anilines is 2. The number of hydrogen-bond acceptors (Lipinski definition) is 6. The van der Waals surface area contributed by atoms with E-state index in [1.54, 1.807) is 12.4 Å². The Morgan fingerprint density at radius 2 is 1.83 bits per heavy atom. The molecule has 0 radical (unpaired) electrons. The summed E-state index contributed by atoms with van der Waals surface area (Å²) in [5, 5.41) is 12.8. The van der Waals surface area contributed by atoms with Crippen LogP contribution in [0.2, 0.25) is 0 Å². The molecule has 1 fully saturated rings. The van der Waals surface area contributed by atoms with Crippen LogP contribution >= 0.6 is 0 Å². The molecule has 8 nitrogen and oxygen atoms in total. The van der Waals surface area contributed by atoms with Crippen molar-refractivity contribution in [3.05, 3.63) is 78.2 Å². The number of imidazole rings is 1. The molecule has 2 aromatic carbocycles. The summed E-state index contributed by atoms with van der Waals surface area (Å²) in [6.45, 7) is 7.13. The van der Waals surface area contributed by atoms with Gasteiger partial charge in [0.2, 0.25) is 5.91 Å². The zero-order valence-electron chi connectivity index (χ0n) is 20.6. The van der Waals surface area contributed by atoms with Gasteiger partial charge in [-0.15, -0.1) is 0 Å². The molecule has 0 bridgehead atoms. The van der Waals surface area contributed by atoms with E-state index in [2.05, 4.69) is 59.4 Å². The van der Waals surface area contributed by atoms with E-state index in [0.29, 0.717) is 37.7 Å². The maximum Gasteiger partial charge on any atom is 0.242 e. The van der Waals surface area contributed by atoms with Crippen LogP contribution in [0.3, 0.4) is 0 Å². The SMILES string of the molecule is CC(C)c1ccc(-c2nc3cnccn3c2NCC(=O)N2CCN(c3ccccc3C#N)CC2)cc1. The second kappa shape index (κ2) is 10.1. The Labute approximate surface area is 210 Å². The quantitative estimate of drug-likeness (QED) is 0.447. The van der Waals surface area contributed by atoms with Crippen LogP contribution in [0.4, 0.5) is 11.5 Å². The summed E-state index contributed by atoms with van der Waals surface area (Å²) in [5.41, 5.74) is 5.37. The maximum absolute atomic E-state index is 13.1. The minimum absolute atomic E-state index is 0.0355. The first-order valence-electron chi connectivity index (χ1n) is 12.2. The highest BCUT2D eigenvalue weighted by atomic mass is 16.2. The highest BCUT2D eigenvalue weighted by molar-refractivity contribution is 5.84. The molecular formula is C28H29N7O. The van der Waals surface area contributed by atoms with Crippen LogP contribution in [0.25, 0.3) is 16.9 Å². The van der Waals surface area contributed by atoms with Gasteiger partial charge in [-0.2, -0.15) is 5.26 Å². The summed E-state index contributed by atoms with van der Waals surface area (Å²) in [6, 6.07) is 18.3. The van der Waals surface area contributed by atoms with Gasteiger partial charge >= 0.3 is 0 Å². The van der Waals surface area contributed by atoms with Crippen LogP contribution in [0, 0.1) is 11.3 Å². The molecule has 1 amide bonds. The zero-order chi connectivity index (χ0) is 25.1. The fourth-order valence-corrected chi connectivity index (χ4v) is 4.61. The molecule has 0 saturated carbocycles. The van der Waals surface area contributed by atoms with Crippen LogP contribution in [0.5, 0.6) is 0 Å². The van der Waals surface area contributed by atoms with Crippen molar-refractivity contribution >= 4 is 23.1 Å². The first-order valence-corrected chi connectivity index (χ1v) is 12.2. The van der Waals surface area contributed by atoms with Gasteiger partial charge in [-0.25, -0.2) is 4.98 Å². The smallest absolute Gasteiger partial charge is 0.242 e. The molecule has 2 aromatic heterocycles. The first-order chi connectivity index (χ1) is 17.5.